The molecule has 1 amide bonds. The number of piperazine rings is 1. The number of hydrogen-bond donors (Lipinski definition) is 2. The van der Waals surface area contributed by atoms with E-state index in [9.17, 15) is 4.79 Å². The molecule has 0 radical (unpaired) electrons. The monoisotopic (exact) mass is 264 g/mol. The zero-order valence-corrected chi connectivity index (χ0v) is 11.1. The van der Waals surface area contributed by atoms with Gasteiger partial charge in [-0.2, -0.15) is 0 Å². The summed E-state index contributed by atoms with van der Waals surface area (Å²) in [7, 11) is 0. The van der Waals surface area contributed by atoms with E-state index in [0.717, 1.165) is 13.0 Å². The molecule has 0 aliphatic carbocycles. The smallest absolute Gasteiger partial charge is 0.241 e. The number of pyridine rings is 1. The van der Waals surface area contributed by atoms with Crippen LogP contribution in [0.2, 0.25) is 0 Å². The Morgan fingerprint density at radius 1 is 1.68 bits per heavy atom. The first-order valence-corrected chi connectivity index (χ1v) is 6.58. The predicted molar refractivity (Wildman–Crippen MR) is 73.2 cm³/mol. The third kappa shape index (κ3) is 3.14. The van der Waals surface area contributed by atoms with Crippen LogP contribution >= 0.6 is 0 Å². The number of aromatic nitrogens is 1. The lowest BCUT2D eigenvalue weighted by atomic mass is 10.1. The quantitative estimate of drug-likeness (QED) is 0.790. The molecule has 6 nitrogen and oxygen atoms in total. The van der Waals surface area contributed by atoms with Crippen molar-refractivity contribution in [2.24, 2.45) is 5.73 Å². The molecular formula is C13H20N4O2. The molecule has 1 aromatic heterocycles. The summed E-state index contributed by atoms with van der Waals surface area (Å²) >= 11 is 0. The van der Waals surface area contributed by atoms with Crippen LogP contribution in [0.25, 0.3) is 0 Å². The van der Waals surface area contributed by atoms with E-state index in [2.05, 4.69) is 10.3 Å². The van der Waals surface area contributed by atoms with E-state index in [0.29, 0.717) is 31.3 Å². The highest BCUT2D eigenvalue weighted by molar-refractivity contribution is 5.84. The van der Waals surface area contributed by atoms with Crippen molar-refractivity contribution in [1.29, 1.82) is 0 Å². The molecule has 6 heteroatoms. The Kier molecular flexibility index (Phi) is 4.57. The lowest BCUT2D eigenvalue weighted by Crippen LogP contribution is -2.57. The van der Waals surface area contributed by atoms with Crippen LogP contribution in [0, 0.1) is 0 Å². The van der Waals surface area contributed by atoms with Gasteiger partial charge in [0.1, 0.15) is 6.04 Å². The van der Waals surface area contributed by atoms with Crippen molar-refractivity contribution >= 4 is 11.7 Å². The van der Waals surface area contributed by atoms with Crippen molar-refractivity contribution in [2.45, 2.75) is 19.4 Å². The van der Waals surface area contributed by atoms with E-state index in [1.165, 1.54) is 0 Å². The second-order valence-corrected chi connectivity index (χ2v) is 4.49. The minimum absolute atomic E-state index is 0.348. The van der Waals surface area contributed by atoms with Gasteiger partial charge in [0, 0.05) is 25.8 Å². The van der Waals surface area contributed by atoms with Gasteiger partial charge in [-0.15, -0.1) is 0 Å². The summed E-state index contributed by atoms with van der Waals surface area (Å²) in [6.45, 7) is 4.71. The number of hydrogen-bond acceptors (Lipinski definition) is 5. The molecule has 1 aromatic rings. The van der Waals surface area contributed by atoms with Crippen LogP contribution in [0.4, 0.5) is 5.82 Å². The molecule has 1 aliphatic heterocycles. The SMILES string of the molecule is CCCOc1cccnc1N1CCNCC1C(N)=O. The molecule has 1 unspecified atom stereocenters. The van der Waals surface area contributed by atoms with Crippen LogP contribution in [-0.2, 0) is 4.79 Å². The molecule has 104 valence electrons. The minimum atomic E-state index is -0.382. The number of nitrogens with two attached hydrogens (primary N) is 1. The van der Waals surface area contributed by atoms with E-state index in [1.807, 2.05) is 24.0 Å². The van der Waals surface area contributed by atoms with Gasteiger partial charge in [0.05, 0.1) is 6.61 Å². The first-order valence-electron chi connectivity index (χ1n) is 6.58. The van der Waals surface area contributed by atoms with Gasteiger partial charge in [-0.05, 0) is 18.6 Å². The van der Waals surface area contributed by atoms with Crippen molar-refractivity contribution in [2.75, 3.05) is 31.1 Å². The zero-order chi connectivity index (χ0) is 13.7. The molecule has 1 atom stereocenters. The molecule has 2 heterocycles. The fourth-order valence-corrected chi connectivity index (χ4v) is 2.13. The topological polar surface area (TPSA) is 80.5 Å². The Morgan fingerprint density at radius 3 is 3.26 bits per heavy atom. The van der Waals surface area contributed by atoms with Gasteiger partial charge in [0.2, 0.25) is 5.91 Å². The van der Waals surface area contributed by atoms with Crippen LogP contribution in [0.3, 0.4) is 0 Å². The van der Waals surface area contributed by atoms with Gasteiger partial charge in [-0.25, -0.2) is 4.98 Å². The number of ether oxygens (including phenoxy) is 1. The average molecular weight is 264 g/mol. The summed E-state index contributed by atoms with van der Waals surface area (Å²) in [6, 6.07) is 3.32. The largest absolute Gasteiger partial charge is 0.490 e. The molecule has 1 fully saturated rings. The normalized spacial score (nSPS) is 19.2. The summed E-state index contributed by atoms with van der Waals surface area (Å²) < 4.78 is 5.69. The second-order valence-electron chi connectivity index (χ2n) is 4.49. The van der Waals surface area contributed by atoms with Gasteiger partial charge >= 0.3 is 0 Å². The Balaban J connectivity index is 2.25. The van der Waals surface area contributed by atoms with E-state index in [4.69, 9.17) is 10.5 Å². The predicted octanol–water partition coefficient (Wildman–Crippen LogP) is 0.134. The molecule has 0 saturated carbocycles. The number of primary amides is 1. The number of carbonyl (C=O) groups is 1. The Morgan fingerprint density at radius 2 is 2.53 bits per heavy atom. The summed E-state index contributed by atoms with van der Waals surface area (Å²) in [5.41, 5.74) is 5.46. The van der Waals surface area contributed by atoms with Crippen LogP contribution in [0.15, 0.2) is 18.3 Å². The third-order valence-corrected chi connectivity index (χ3v) is 3.06. The second kappa shape index (κ2) is 6.38. The lowest BCUT2D eigenvalue weighted by molar-refractivity contribution is -0.119. The van der Waals surface area contributed by atoms with Crippen LogP contribution in [0.5, 0.6) is 5.75 Å². The molecule has 3 N–H and O–H groups in total. The standard InChI is InChI=1S/C13H20N4O2/c1-2-8-19-11-4-3-5-16-13(11)17-7-6-15-9-10(17)12(14)18/h3-5,10,15H,2,6-9H2,1H3,(H2,14,18). The molecule has 2 rings (SSSR count). The highest BCUT2D eigenvalue weighted by Gasteiger charge is 2.29. The molecule has 1 aliphatic rings. The Bertz CT molecular complexity index is 438. The van der Waals surface area contributed by atoms with Crippen LogP contribution < -0.4 is 20.7 Å². The van der Waals surface area contributed by atoms with Gasteiger partial charge < -0.3 is 20.7 Å². The maximum atomic E-state index is 11.5. The average Bonchev–Trinajstić information content (AvgIpc) is 2.45. The van der Waals surface area contributed by atoms with Crippen molar-refractivity contribution in [3.8, 4) is 5.75 Å². The molecule has 19 heavy (non-hydrogen) atoms. The zero-order valence-electron chi connectivity index (χ0n) is 11.1. The Hall–Kier alpha value is -1.82. The van der Waals surface area contributed by atoms with Crippen molar-refractivity contribution in [1.82, 2.24) is 10.3 Å². The molecule has 0 spiro atoms. The van der Waals surface area contributed by atoms with E-state index < -0.39 is 0 Å². The number of rotatable bonds is 5. The summed E-state index contributed by atoms with van der Waals surface area (Å²) in [5, 5.41) is 3.17. The van der Waals surface area contributed by atoms with Crippen LogP contribution in [-0.4, -0.2) is 43.2 Å². The highest BCUT2D eigenvalue weighted by atomic mass is 16.5. The fourth-order valence-electron chi connectivity index (χ4n) is 2.13. The summed E-state index contributed by atoms with van der Waals surface area (Å²) in [5.74, 6) is 1.05. The molecular weight excluding hydrogens is 244 g/mol. The maximum Gasteiger partial charge on any atom is 0.241 e. The fraction of sp³-hybridized carbons (Fsp3) is 0.538. The Labute approximate surface area is 112 Å². The minimum Gasteiger partial charge on any atom is -0.490 e. The highest BCUT2D eigenvalue weighted by Crippen LogP contribution is 2.27. The summed E-state index contributed by atoms with van der Waals surface area (Å²) in [6.07, 6.45) is 2.63. The number of anilines is 1. The number of nitrogens with one attached hydrogen (secondary N) is 1. The summed E-state index contributed by atoms with van der Waals surface area (Å²) in [4.78, 5) is 17.8. The third-order valence-electron chi connectivity index (χ3n) is 3.06. The molecule has 0 bridgehead atoms. The maximum absolute atomic E-state index is 11.5. The van der Waals surface area contributed by atoms with Crippen LogP contribution in [0.1, 0.15) is 13.3 Å². The van der Waals surface area contributed by atoms with E-state index in [1.54, 1.807) is 6.20 Å². The first kappa shape index (κ1) is 13.6. The van der Waals surface area contributed by atoms with E-state index >= 15 is 0 Å². The lowest BCUT2D eigenvalue weighted by Gasteiger charge is -2.35. The van der Waals surface area contributed by atoms with E-state index in [-0.39, 0.29) is 11.9 Å². The van der Waals surface area contributed by atoms with Crippen molar-refractivity contribution < 1.29 is 9.53 Å². The number of nitrogens with zero attached hydrogens (tertiary/aromatic N) is 2. The first-order chi connectivity index (χ1) is 9.24. The van der Waals surface area contributed by atoms with Gasteiger partial charge in [-0.1, -0.05) is 6.92 Å². The van der Waals surface area contributed by atoms with Crippen molar-refractivity contribution in [3.05, 3.63) is 18.3 Å². The molecule has 1 saturated heterocycles. The molecule has 0 aromatic carbocycles. The van der Waals surface area contributed by atoms with Gasteiger partial charge in [0.25, 0.3) is 0 Å². The van der Waals surface area contributed by atoms with Gasteiger partial charge in [0.15, 0.2) is 11.6 Å². The number of amides is 1. The van der Waals surface area contributed by atoms with Crippen molar-refractivity contribution in [3.63, 3.8) is 0 Å². The number of carbonyl (C=O) groups excluding carboxylic acids is 1. The van der Waals surface area contributed by atoms with Gasteiger partial charge in [-0.3, -0.25) is 4.79 Å².